The van der Waals surface area contributed by atoms with Crippen molar-refractivity contribution in [2.24, 2.45) is 0 Å². The monoisotopic (exact) mass is 490 g/mol. The summed E-state index contributed by atoms with van der Waals surface area (Å²) in [6.45, 7) is 5.19. The lowest BCUT2D eigenvalue weighted by atomic mass is 10.1. The zero-order valence-corrected chi connectivity index (χ0v) is 20.2. The van der Waals surface area contributed by atoms with Gasteiger partial charge in [-0.1, -0.05) is 59.2 Å². The van der Waals surface area contributed by atoms with Gasteiger partial charge in [-0.15, -0.1) is 21.5 Å². The summed E-state index contributed by atoms with van der Waals surface area (Å²) in [5.74, 6) is 2.04. The molecule has 0 amide bonds. The molecule has 9 heteroatoms. The topological polar surface area (TPSA) is 52.8 Å². The number of thiazole rings is 1. The Morgan fingerprint density at radius 1 is 1.13 bits per heavy atom. The molecule has 2 aromatic heterocycles. The van der Waals surface area contributed by atoms with Gasteiger partial charge in [-0.25, -0.2) is 4.98 Å². The lowest BCUT2D eigenvalue weighted by Gasteiger charge is -2.10. The number of rotatable bonds is 8. The maximum Gasteiger partial charge on any atom is 0.191 e. The molecular formula is C22H20Cl2N4OS2. The van der Waals surface area contributed by atoms with Gasteiger partial charge in [0.05, 0.1) is 10.7 Å². The minimum atomic E-state index is 0.275. The van der Waals surface area contributed by atoms with Gasteiger partial charge in [0, 0.05) is 28.3 Å². The molecule has 0 aliphatic heterocycles. The van der Waals surface area contributed by atoms with Gasteiger partial charge in [0.25, 0.3) is 0 Å². The number of hydrogen-bond acceptors (Lipinski definition) is 6. The zero-order valence-electron chi connectivity index (χ0n) is 17.0. The summed E-state index contributed by atoms with van der Waals surface area (Å²) in [5, 5.41) is 13.7. The molecule has 0 saturated heterocycles. The molecule has 5 nitrogen and oxygen atoms in total. The Morgan fingerprint density at radius 2 is 1.97 bits per heavy atom. The summed E-state index contributed by atoms with van der Waals surface area (Å²) in [4.78, 5) is 4.80. The number of benzene rings is 2. The Balaban J connectivity index is 1.42. The second kappa shape index (κ2) is 10.0. The van der Waals surface area contributed by atoms with Crippen LogP contribution in [0.1, 0.15) is 24.0 Å². The van der Waals surface area contributed by atoms with E-state index in [-0.39, 0.29) is 6.61 Å². The van der Waals surface area contributed by atoms with E-state index in [2.05, 4.69) is 41.6 Å². The Hall–Kier alpha value is -2.06. The number of halogens is 2. The second-order valence-corrected chi connectivity index (χ2v) is 9.40. The Morgan fingerprint density at radius 3 is 2.74 bits per heavy atom. The van der Waals surface area contributed by atoms with E-state index >= 15 is 0 Å². The molecule has 0 bridgehead atoms. The Bertz CT molecular complexity index is 1190. The lowest BCUT2D eigenvalue weighted by molar-refractivity contribution is 0.288. The molecule has 0 aliphatic rings. The largest absolute Gasteiger partial charge is 0.484 e. The number of ether oxygens (including phenoxy) is 1. The van der Waals surface area contributed by atoms with Crippen molar-refractivity contribution < 1.29 is 4.74 Å². The van der Waals surface area contributed by atoms with Gasteiger partial charge in [0.1, 0.15) is 17.4 Å². The minimum absolute atomic E-state index is 0.275. The number of aryl methyl sites for hydroxylation is 1. The fourth-order valence-corrected chi connectivity index (χ4v) is 5.43. The van der Waals surface area contributed by atoms with E-state index < -0.39 is 0 Å². The quantitative estimate of drug-likeness (QED) is 0.251. The number of nitrogens with zero attached hydrogens (tertiary/aromatic N) is 4. The third-order valence-electron chi connectivity index (χ3n) is 4.64. The second-order valence-electron chi connectivity index (χ2n) is 6.75. The summed E-state index contributed by atoms with van der Waals surface area (Å²) >= 11 is 15.4. The van der Waals surface area contributed by atoms with Crippen LogP contribution in [0.25, 0.3) is 10.6 Å². The van der Waals surface area contributed by atoms with Crippen LogP contribution in [0.15, 0.2) is 53.0 Å². The lowest BCUT2D eigenvalue weighted by Crippen LogP contribution is -2.07. The first-order valence-corrected chi connectivity index (χ1v) is 12.3. The maximum atomic E-state index is 6.19. The van der Waals surface area contributed by atoms with E-state index in [1.165, 1.54) is 11.1 Å². The summed E-state index contributed by atoms with van der Waals surface area (Å²) < 4.78 is 7.87. The molecule has 4 aromatic rings. The molecule has 160 valence electrons. The normalized spacial score (nSPS) is 11.1. The van der Waals surface area contributed by atoms with Crippen molar-refractivity contribution in [3.05, 3.63) is 75.0 Å². The highest BCUT2D eigenvalue weighted by Crippen LogP contribution is 2.30. The predicted molar refractivity (Wildman–Crippen MR) is 128 cm³/mol. The van der Waals surface area contributed by atoms with Crippen LogP contribution in [0.3, 0.4) is 0 Å². The molecule has 0 saturated carbocycles. The van der Waals surface area contributed by atoms with Gasteiger partial charge in [-0.3, -0.25) is 0 Å². The average molecular weight is 491 g/mol. The van der Waals surface area contributed by atoms with Crippen molar-refractivity contribution in [2.75, 3.05) is 0 Å². The van der Waals surface area contributed by atoms with Gasteiger partial charge in [0.15, 0.2) is 11.0 Å². The minimum Gasteiger partial charge on any atom is -0.484 e. The highest BCUT2D eigenvalue weighted by molar-refractivity contribution is 7.98. The molecule has 2 aromatic carbocycles. The van der Waals surface area contributed by atoms with Gasteiger partial charge in [-0.05, 0) is 37.6 Å². The third-order valence-corrected chi connectivity index (χ3v) is 7.09. The van der Waals surface area contributed by atoms with Crippen LogP contribution in [0.5, 0.6) is 5.75 Å². The summed E-state index contributed by atoms with van der Waals surface area (Å²) in [6.07, 6.45) is 0. The summed E-state index contributed by atoms with van der Waals surface area (Å²) in [6, 6.07) is 13.5. The van der Waals surface area contributed by atoms with Crippen molar-refractivity contribution in [3.8, 4) is 16.3 Å². The average Bonchev–Trinajstić information content (AvgIpc) is 3.38. The Labute approximate surface area is 199 Å². The standard InChI is InChI=1S/C22H20Cl2N4OS2/c1-3-28-20(11-29-19-9-8-15(23)10-18(19)24)26-27-22(28)31-13-16-12-30-21(25-16)17-7-5-4-6-14(17)2/h4-10,12H,3,11,13H2,1-2H3. The van der Waals surface area contributed by atoms with Gasteiger partial charge >= 0.3 is 0 Å². The SMILES string of the molecule is CCn1c(COc2ccc(Cl)cc2Cl)nnc1SCc1csc(-c2ccccc2C)n1. The summed E-state index contributed by atoms with van der Waals surface area (Å²) in [5.41, 5.74) is 3.44. The highest BCUT2D eigenvalue weighted by Gasteiger charge is 2.14. The number of hydrogen-bond donors (Lipinski definition) is 0. The van der Waals surface area contributed by atoms with Crippen LogP contribution in [-0.2, 0) is 18.9 Å². The maximum absolute atomic E-state index is 6.19. The molecule has 0 N–H and O–H groups in total. The third kappa shape index (κ3) is 5.23. The van der Waals surface area contributed by atoms with Crippen LogP contribution in [0, 0.1) is 6.92 Å². The van der Waals surface area contributed by atoms with Crippen molar-refractivity contribution >= 4 is 46.3 Å². The molecule has 2 heterocycles. The number of aromatic nitrogens is 4. The van der Waals surface area contributed by atoms with E-state index in [1.807, 2.05) is 16.7 Å². The van der Waals surface area contributed by atoms with Gasteiger partial charge in [-0.2, -0.15) is 0 Å². The smallest absolute Gasteiger partial charge is 0.191 e. The molecule has 0 atom stereocenters. The van der Waals surface area contributed by atoms with Crippen molar-refractivity contribution in [1.29, 1.82) is 0 Å². The van der Waals surface area contributed by atoms with E-state index in [4.69, 9.17) is 32.9 Å². The molecule has 0 unspecified atom stereocenters. The van der Waals surface area contributed by atoms with Crippen LogP contribution in [0.2, 0.25) is 10.0 Å². The fourth-order valence-electron chi connectivity index (χ4n) is 3.03. The highest BCUT2D eigenvalue weighted by atomic mass is 35.5. The van der Waals surface area contributed by atoms with E-state index in [9.17, 15) is 0 Å². The van der Waals surface area contributed by atoms with E-state index in [0.29, 0.717) is 15.8 Å². The number of thioether (sulfide) groups is 1. The molecule has 0 radical (unpaired) electrons. The molecule has 0 spiro atoms. The first-order valence-electron chi connectivity index (χ1n) is 9.68. The van der Waals surface area contributed by atoms with E-state index in [1.54, 1.807) is 41.3 Å². The fraction of sp³-hybridized carbons (Fsp3) is 0.227. The van der Waals surface area contributed by atoms with Gasteiger partial charge < -0.3 is 9.30 Å². The van der Waals surface area contributed by atoms with Gasteiger partial charge in [0.2, 0.25) is 0 Å². The first kappa shape index (κ1) is 22.1. The van der Waals surface area contributed by atoms with Crippen LogP contribution < -0.4 is 4.74 Å². The van der Waals surface area contributed by atoms with Crippen LogP contribution in [0.4, 0.5) is 0 Å². The molecule has 0 fully saturated rings. The van der Waals surface area contributed by atoms with Crippen molar-refractivity contribution in [3.63, 3.8) is 0 Å². The van der Waals surface area contributed by atoms with Crippen molar-refractivity contribution in [1.82, 2.24) is 19.7 Å². The predicted octanol–water partition coefficient (Wildman–Crippen LogP) is 6.91. The molecule has 0 aliphatic carbocycles. The molecular weight excluding hydrogens is 471 g/mol. The Kier molecular flexibility index (Phi) is 7.17. The molecule has 4 rings (SSSR count). The molecule has 31 heavy (non-hydrogen) atoms. The van der Waals surface area contributed by atoms with Crippen molar-refractivity contribution in [2.45, 2.75) is 37.9 Å². The van der Waals surface area contributed by atoms with E-state index in [0.717, 1.165) is 34.0 Å². The van der Waals surface area contributed by atoms with Crippen LogP contribution in [-0.4, -0.2) is 19.7 Å². The first-order chi connectivity index (χ1) is 15.0. The zero-order chi connectivity index (χ0) is 21.8. The van der Waals surface area contributed by atoms with Crippen LogP contribution >= 0.6 is 46.3 Å². The summed E-state index contributed by atoms with van der Waals surface area (Å²) in [7, 11) is 0.